The molecule has 0 unspecified atom stereocenters. The largest absolute Gasteiger partial charge is 0.489 e. The van der Waals surface area contributed by atoms with Gasteiger partial charge in [0.1, 0.15) is 35.6 Å². The predicted octanol–water partition coefficient (Wildman–Crippen LogP) is 5.43. The second kappa shape index (κ2) is 9.62. The lowest BCUT2D eigenvalue weighted by atomic mass is 10.0. The van der Waals surface area contributed by atoms with Crippen LogP contribution in [0.5, 0.6) is 5.75 Å². The molecule has 0 heterocycles. The van der Waals surface area contributed by atoms with Gasteiger partial charge < -0.3 is 4.74 Å². The number of ketones is 2. The molecule has 0 saturated heterocycles. The molecule has 29 heavy (non-hydrogen) atoms. The summed E-state index contributed by atoms with van der Waals surface area (Å²) in [6.45, 7) is 1.30. The van der Waals surface area contributed by atoms with Crippen LogP contribution in [0.1, 0.15) is 42.9 Å². The molecule has 2 aromatic carbocycles. The Labute approximate surface area is 164 Å². The van der Waals surface area contributed by atoms with Crippen LogP contribution in [0.25, 0.3) is 0 Å². The van der Waals surface area contributed by atoms with Crippen molar-refractivity contribution in [2.75, 3.05) is 0 Å². The number of Topliss-reactive ketones (excluding diaryl/α,β-unsaturated/α-hetero) is 2. The van der Waals surface area contributed by atoms with Crippen molar-refractivity contribution in [1.29, 1.82) is 0 Å². The van der Waals surface area contributed by atoms with Crippen LogP contribution in [0.15, 0.2) is 36.4 Å². The molecule has 0 atom stereocenters. The molecular weight excluding hydrogens is 395 g/mol. The van der Waals surface area contributed by atoms with Crippen LogP contribution in [-0.4, -0.2) is 11.6 Å². The molecule has 0 spiro atoms. The molecule has 0 N–H and O–H groups in total. The number of alkyl halides is 3. The Balaban J connectivity index is 2.21. The Kier molecular flexibility index (Phi) is 7.47. The van der Waals surface area contributed by atoms with Gasteiger partial charge in [-0.2, -0.15) is 13.2 Å². The van der Waals surface area contributed by atoms with Crippen LogP contribution < -0.4 is 4.74 Å². The lowest BCUT2D eigenvalue weighted by Crippen LogP contribution is -2.11. The number of carbonyl (C=O) groups is 2. The molecule has 0 aliphatic rings. The van der Waals surface area contributed by atoms with Crippen molar-refractivity contribution in [1.82, 2.24) is 0 Å². The molecule has 156 valence electrons. The third-order valence-electron chi connectivity index (χ3n) is 4.25. The first-order valence-corrected chi connectivity index (χ1v) is 8.90. The Morgan fingerprint density at radius 2 is 1.62 bits per heavy atom. The Bertz CT molecular complexity index is 890. The fraction of sp³-hybridized carbons (Fsp3) is 0.333. The van der Waals surface area contributed by atoms with Crippen molar-refractivity contribution in [2.24, 2.45) is 0 Å². The van der Waals surface area contributed by atoms with E-state index in [2.05, 4.69) is 0 Å². The summed E-state index contributed by atoms with van der Waals surface area (Å²) < 4.78 is 71.2. The van der Waals surface area contributed by atoms with Gasteiger partial charge in [0, 0.05) is 42.9 Å². The first-order valence-electron chi connectivity index (χ1n) is 8.90. The summed E-state index contributed by atoms with van der Waals surface area (Å²) in [4.78, 5) is 23.5. The predicted molar refractivity (Wildman–Crippen MR) is 95.4 cm³/mol. The monoisotopic (exact) mass is 414 g/mol. The van der Waals surface area contributed by atoms with Gasteiger partial charge in [-0.3, -0.25) is 9.59 Å². The number of rotatable bonds is 9. The third kappa shape index (κ3) is 6.66. The zero-order chi connectivity index (χ0) is 21.6. The van der Waals surface area contributed by atoms with E-state index in [4.69, 9.17) is 4.74 Å². The van der Waals surface area contributed by atoms with Gasteiger partial charge in [0.2, 0.25) is 0 Å². The van der Waals surface area contributed by atoms with Crippen LogP contribution in [0.3, 0.4) is 0 Å². The molecule has 0 radical (unpaired) electrons. The average molecular weight is 414 g/mol. The van der Waals surface area contributed by atoms with E-state index in [1.54, 1.807) is 6.92 Å². The summed E-state index contributed by atoms with van der Waals surface area (Å²) in [5.74, 6) is -2.17. The zero-order valence-electron chi connectivity index (χ0n) is 15.6. The molecule has 8 heteroatoms. The molecule has 2 rings (SSSR count). The van der Waals surface area contributed by atoms with E-state index < -0.39 is 29.2 Å². The SMILES string of the molecule is CCC(=O)CCC(=O)Cc1cc(C(F)(F)F)ccc1OCc1ccc(F)cc1F. The smallest absolute Gasteiger partial charge is 0.416 e. The minimum absolute atomic E-state index is 0.0112. The summed E-state index contributed by atoms with van der Waals surface area (Å²) in [6.07, 6.45) is -4.77. The highest BCUT2D eigenvalue weighted by Gasteiger charge is 2.31. The van der Waals surface area contributed by atoms with E-state index in [0.29, 0.717) is 6.07 Å². The van der Waals surface area contributed by atoms with E-state index in [0.717, 1.165) is 30.3 Å². The second-order valence-electron chi connectivity index (χ2n) is 6.45. The summed E-state index contributed by atoms with van der Waals surface area (Å²) in [5.41, 5.74) is -0.960. The zero-order valence-corrected chi connectivity index (χ0v) is 15.6. The van der Waals surface area contributed by atoms with Crippen LogP contribution in [0.2, 0.25) is 0 Å². The highest BCUT2D eigenvalue weighted by atomic mass is 19.4. The van der Waals surface area contributed by atoms with Crippen LogP contribution >= 0.6 is 0 Å². The van der Waals surface area contributed by atoms with E-state index >= 15 is 0 Å². The van der Waals surface area contributed by atoms with Gasteiger partial charge in [0.25, 0.3) is 0 Å². The van der Waals surface area contributed by atoms with Gasteiger partial charge in [0.15, 0.2) is 0 Å². The number of benzene rings is 2. The maximum Gasteiger partial charge on any atom is 0.416 e. The number of hydrogen-bond donors (Lipinski definition) is 0. The Morgan fingerprint density at radius 1 is 0.931 bits per heavy atom. The molecule has 0 amide bonds. The molecule has 0 aromatic heterocycles. The highest BCUT2D eigenvalue weighted by molar-refractivity contribution is 5.87. The molecule has 2 aromatic rings. The first-order chi connectivity index (χ1) is 13.6. The van der Waals surface area contributed by atoms with Crippen molar-refractivity contribution in [3.05, 3.63) is 64.7 Å². The van der Waals surface area contributed by atoms with Crippen molar-refractivity contribution >= 4 is 11.6 Å². The average Bonchev–Trinajstić information content (AvgIpc) is 2.65. The number of hydrogen-bond acceptors (Lipinski definition) is 3. The summed E-state index contributed by atoms with van der Waals surface area (Å²) in [7, 11) is 0. The summed E-state index contributed by atoms with van der Waals surface area (Å²) in [5, 5.41) is 0. The number of carbonyl (C=O) groups excluding carboxylic acids is 2. The summed E-state index contributed by atoms with van der Waals surface area (Å²) >= 11 is 0. The van der Waals surface area contributed by atoms with Gasteiger partial charge in [-0.05, 0) is 30.3 Å². The van der Waals surface area contributed by atoms with E-state index in [1.165, 1.54) is 0 Å². The van der Waals surface area contributed by atoms with Gasteiger partial charge >= 0.3 is 6.18 Å². The fourth-order valence-electron chi connectivity index (χ4n) is 2.59. The first kappa shape index (κ1) is 22.5. The Morgan fingerprint density at radius 3 is 2.24 bits per heavy atom. The van der Waals surface area contributed by atoms with Crippen LogP contribution in [0, 0.1) is 11.6 Å². The lowest BCUT2D eigenvalue weighted by molar-refractivity contribution is -0.137. The van der Waals surface area contributed by atoms with Crippen LogP contribution in [-0.2, 0) is 28.8 Å². The quantitative estimate of drug-likeness (QED) is 0.514. The fourth-order valence-corrected chi connectivity index (χ4v) is 2.59. The molecule has 0 fully saturated rings. The van der Waals surface area contributed by atoms with Gasteiger partial charge in [-0.15, -0.1) is 0 Å². The van der Waals surface area contributed by atoms with Gasteiger partial charge in [-0.25, -0.2) is 8.78 Å². The van der Waals surface area contributed by atoms with Gasteiger partial charge in [-0.1, -0.05) is 6.92 Å². The minimum atomic E-state index is -4.61. The maximum absolute atomic E-state index is 13.7. The Hall–Kier alpha value is -2.77. The lowest BCUT2D eigenvalue weighted by Gasteiger charge is -2.15. The number of halogens is 5. The minimum Gasteiger partial charge on any atom is -0.489 e. The molecule has 0 aliphatic carbocycles. The normalized spacial score (nSPS) is 11.4. The van der Waals surface area contributed by atoms with Crippen molar-refractivity contribution in [2.45, 2.75) is 45.4 Å². The van der Waals surface area contributed by atoms with Crippen molar-refractivity contribution in [3.63, 3.8) is 0 Å². The highest BCUT2D eigenvalue weighted by Crippen LogP contribution is 2.33. The molecule has 0 aliphatic heterocycles. The van der Waals surface area contributed by atoms with E-state index in [-0.39, 0.29) is 54.9 Å². The maximum atomic E-state index is 13.7. The third-order valence-corrected chi connectivity index (χ3v) is 4.25. The number of ether oxygens (including phenoxy) is 1. The molecule has 3 nitrogen and oxygen atoms in total. The van der Waals surface area contributed by atoms with Gasteiger partial charge in [0.05, 0.1) is 5.56 Å². The molecular formula is C21H19F5O3. The molecule has 0 bridgehead atoms. The van der Waals surface area contributed by atoms with E-state index in [1.807, 2.05) is 0 Å². The standard InChI is InChI=1S/C21H19F5O3/c1-2-17(27)6-7-18(28)10-14-9-15(21(24,25)26)4-8-20(14)29-12-13-3-5-16(22)11-19(13)23/h3-5,8-9,11H,2,6-7,10,12H2,1H3. The summed E-state index contributed by atoms with van der Waals surface area (Å²) in [6, 6.07) is 5.52. The van der Waals surface area contributed by atoms with Crippen LogP contribution in [0.4, 0.5) is 22.0 Å². The topological polar surface area (TPSA) is 43.4 Å². The molecule has 0 saturated carbocycles. The second-order valence-corrected chi connectivity index (χ2v) is 6.45. The van der Waals surface area contributed by atoms with Crippen molar-refractivity contribution in [3.8, 4) is 5.75 Å². The van der Waals surface area contributed by atoms with Crippen molar-refractivity contribution < 1.29 is 36.3 Å². The van der Waals surface area contributed by atoms with E-state index in [9.17, 15) is 31.5 Å².